The van der Waals surface area contributed by atoms with Crippen molar-refractivity contribution in [1.29, 1.82) is 0 Å². The summed E-state index contributed by atoms with van der Waals surface area (Å²) in [4.78, 5) is 27.0. The number of benzene rings is 2. The van der Waals surface area contributed by atoms with E-state index in [0.717, 1.165) is 5.69 Å². The molecule has 2 N–H and O–H groups in total. The van der Waals surface area contributed by atoms with Gasteiger partial charge in [-0.3, -0.25) is 9.59 Å². The monoisotopic (exact) mass is 352 g/mol. The number of Topliss-reactive ketones (excluding diaryl/α,β-unsaturated/α-hetero) is 1. The fourth-order valence-electron chi connectivity index (χ4n) is 3.30. The van der Waals surface area contributed by atoms with Crippen LogP contribution in [0.1, 0.15) is 33.6 Å². The van der Waals surface area contributed by atoms with Gasteiger partial charge in [0.1, 0.15) is 0 Å². The molecular weight excluding hydrogens is 328 g/mol. The van der Waals surface area contributed by atoms with Crippen molar-refractivity contribution in [2.45, 2.75) is 12.8 Å². The van der Waals surface area contributed by atoms with E-state index in [1.165, 1.54) is 0 Å². The lowest BCUT2D eigenvalue weighted by Crippen LogP contribution is -2.40. The van der Waals surface area contributed by atoms with Crippen LogP contribution in [0.2, 0.25) is 0 Å². The lowest BCUT2D eigenvalue weighted by atomic mass is 9.88. The summed E-state index contributed by atoms with van der Waals surface area (Å²) in [5, 5.41) is 11.9. The van der Waals surface area contributed by atoms with Crippen molar-refractivity contribution >= 4 is 17.4 Å². The highest BCUT2D eigenvalue weighted by Crippen LogP contribution is 2.23. The standard InChI is InChI=1S/C21H24N2O3/c24-15-12-22-19-8-6-16(7-9-19)20(25)17-10-13-23(14-11-17)21(26)18-4-2-1-3-5-18/h1-9,17,22,24H,10-15H2. The Hall–Kier alpha value is -2.66. The molecule has 0 bridgehead atoms. The molecule has 2 aromatic carbocycles. The van der Waals surface area contributed by atoms with E-state index in [-0.39, 0.29) is 24.2 Å². The normalized spacial score (nSPS) is 14.9. The van der Waals surface area contributed by atoms with Crippen LogP contribution in [0.25, 0.3) is 0 Å². The minimum Gasteiger partial charge on any atom is -0.395 e. The summed E-state index contributed by atoms with van der Waals surface area (Å²) in [5.74, 6) is 0.146. The Labute approximate surface area is 153 Å². The first kappa shape index (κ1) is 18.1. The van der Waals surface area contributed by atoms with Crippen molar-refractivity contribution in [2.24, 2.45) is 5.92 Å². The van der Waals surface area contributed by atoms with E-state index in [0.29, 0.717) is 43.6 Å². The molecule has 3 rings (SSSR count). The van der Waals surface area contributed by atoms with Crippen molar-refractivity contribution in [1.82, 2.24) is 4.90 Å². The van der Waals surface area contributed by atoms with Gasteiger partial charge in [-0.2, -0.15) is 0 Å². The highest BCUT2D eigenvalue weighted by Gasteiger charge is 2.28. The predicted octanol–water partition coefficient (Wildman–Crippen LogP) is 2.83. The lowest BCUT2D eigenvalue weighted by Gasteiger charge is -2.31. The number of hydrogen-bond donors (Lipinski definition) is 2. The van der Waals surface area contributed by atoms with E-state index in [2.05, 4.69) is 5.32 Å². The van der Waals surface area contributed by atoms with Gasteiger partial charge < -0.3 is 15.3 Å². The minimum atomic E-state index is -0.0360. The molecule has 136 valence electrons. The number of aliphatic hydroxyl groups excluding tert-OH is 1. The SMILES string of the molecule is O=C(c1ccc(NCCO)cc1)C1CCN(C(=O)c2ccccc2)CC1. The zero-order valence-corrected chi connectivity index (χ0v) is 14.7. The fourth-order valence-corrected chi connectivity index (χ4v) is 3.30. The number of likely N-dealkylation sites (tertiary alicyclic amines) is 1. The van der Waals surface area contributed by atoms with Crippen LogP contribution in [0, 0.1) is 5.92 Å². The number of nitrogens with zero attached hydrogens (tertiary/aromatic N) is 1. The summed E-state index contributed by atoms with van der Waals surface area (Å²) in [7, 11) is 0. The molecule has 0 spiro atoms. The smallest absolute Gasteiger partial charge is 0.253 e. The summed E-state index contributed by atoms with van der Waals surface area (Å²) >= 11 is 0. The molecule has 0 saturated carbocycles. The topological polar surface area (TPSA) is 69.6 Å². The van der Waals surface area contributed by atoms with Crippen molar-refractivity contribution in [3.05, 3.63) is 65.7 Å². The Bertz CT molecular complexity index is 736. The molecule has 1 amide bonds. The first-order valence-electron chi connectivity index (χ1n) is 9.02. The second-order valence-corrected chi connectivity index (χ2v) is 6.52. The highest BCUT2D eigenvalue weighted by molar-refractivity contribution is 5.98. The molecule has 0 atom stereocenters. The Morgan fingerprint density at radius 1 is 0.962 bits per heavy atom. The van der Waals surface area contributed by atoms with Crippen LogP contribution >= 0.6 is 0 Å². The van der Waals surface area contributed by atoms with E-state index in [9.17, 15) is 9.59 Å². The summed E-state index contributed by atoms with van der Waals surface area (Å²) in [6.45, 7) is 1.78. The zero-order chi connectivity index (χ0) is 18.4. The van der Waals surface area contributed by atoms with Crippen LogP contribution < -0.4 is 5.32 Å². The Morgan fingerprint density at radius 2 is 1.62 bits per heavy atom. The first-order valence-corrected chi connectivity index (χ1v) is 9.02. The minimum absolute atomic E-state index is 0.0360. The molecule has 0 radical (unpaired) electrons. The van der Waals surface area contributed by atoms with E-state index in [4.69, 9.17) is 5.11 Å². The number of hydrogen-bond acceptors (Lipinski definition) is 4. The molecule has 0 aliphatic carbocycles. The largest absolute Gasteiger partial charge is 0.395 e. The van der Waals surface area contributed by atoms with Crippen LogP contribution in [0.15, 0.2) is 54.6 Å². The first-order chi connectivity index (χ1) is 12.7. The van der Waals surface area contributed by atoms with E-state index >= 15 is 0 Å². The summed E-state index contributed by atoms with van der Waals surface area (Å²) in [6.07, 6.45) is 1.39. The number of carbonyl (C=O) groups is 2. The maximum absolute atomic E-state index is 12.7. The molecular formula is C21H24N2O3. The van der Waals surface area contributed by atoms with Gasteiger partial charge in [0.15, 0.2) is 5.78 Å². The highest BCUT2D eigenvalue weighted by atomic mass is 16.3. The Kier molecular flexibility index (Phi) is 6.02. The number of piperidine rings is 1. The van der Waals surface area contributed by atoms with Gasteiger partial charge in [0.25, 0.3) is 5.91 Å². The maximum atomic E-state index is 12.7. The number of nitrogens with one attached hydrogen (secondary N) is 1. The molecule has 1 saturated heterocycles. The number of amides is 1. The summed E-state index contributed by atoms with van der Waals surface area (Å²) < 4.78 is 0. The number of carbonyl (C=O) groups excluding carboxylic acids is 2. The third-order valence-corrected chi connectivity index (χ3v) is 4.78. The third kappa shape index (κ3) is 4.29. The molecule has 0 aromatic heterocycles. The molecule has 1 fully saturated rings. The molecule has 2 aromatic rings. The summed E-state index contributed by atoms with van der Waals surface area (Å²) in [6, 6.07) is 16.6. The van der Waals surface area contributed by atoms with Gasteiger partial charge in [-0.25, -0.2) is 0 Å². The van der Waals surface area contributed by atoms with Crippen LogP contribution in [0.5, 0.6) is 0 Å². The van der Waals surface area contributed by atoms with Gasteiger partial charge >= 0.3 is 0 Å². The number of ketones is 1. The third-order valence-electron chi connectivity index (χ3n) is 4.78. The average Bonchev–Trinajstić information content (AvgIpc) is 2.72. The molecule has 0 unspecified atom stereocenters. The maximum Gasteiger partial charge on any atom is 0.253 e. The Morgan fingerprint density at radius 3 is 2.23 bits per heavy atom. The van der Waals surface area contributed by atoms with Crippen LogP contribution in [0.3, 0.4) is 0 Å². The molecule has 1 heterocycles. The van der Waals surface area contributed by atoms with Crippen LogP contribution in [0.4, 0.5) is 5.69 Å². The fraction of sp³-hybridized carbons (Fsp3) is 0.333. The van der Waals surface area contributed by atoms with Gasteiger partial charge in [0, 0.05) is 42.4 Å². The second-order valence-electron chi connectivity index (χ2n) is 6.52. The van der Waals surface area contributed by atoms with Crippen molar-refractivity contribution in [3.8, 4) is 0 Å². The molecule has 5 nitrogen and oxygen atoms in total. The van der Waals surface area contributed by atoms with Gasteiger partial charge in [-0.15, -0.1) is 0 Å². The van der Waals surface area contributed by atoms with Gasteiger partial charge in [-0.1, -0.05) is 18.2 Å². The lowest BCUT2D eigenvalue weighted by molar-refractivity contribution is 0.0650. The van der Waals surface area contributed by atoms with Crippen LogP contribution in [-0.2, 0) is 0 Å². The van der Waals surface area contributed by atoms with Crippen LogP contribution in [-0.4, -0.2) is 47.9 Å². The predicted molar refractivity (Wildman–Crippen MR) is 101 cm³/mol. The average molecular weight is 352 g/mol. The quantitative estimate of drug-likeness (QED) is 0.785. The molecule has 1 aliphatic heterocycles. The van der Waals surface area contributed by atoms with E-state index < -0.39 is 0 Å². The van der Waals surface area contributed by atoms with Crippen molar-refractivity contribution < 1.29 is 14.7 Å². The summed E-state index contributed by atoms with van der Waals surface area (Å²) in [5.41, 5.74) is 2.29. The molecule has 5 heteroatoms. The van der Waals surface area contributed by atoms with Gasteiger partial charge in [0.2, 0.25) is 0 Å². The number of rotatable bonds is 6. The molecule has 1 aliphatic rings. The van der Waals surface area contributed by atoms with Gasteiger partial charge in [-0.05, 0) is 49.2 Å². The van der Waals surface area contributed by atoms with Gasteiger partial charge in [0.05, 0.1) is 6.61 Å². The zero-order valence-electron chi connectivity index (χ0n) is 14.7. The number of anilines is 1. The number of aliphatic hydroxyl groups is 1. The molecule has 26 heavy (non-hydrogen) atoms. The van der Waals surface area contributed by atoms with Crippen molar-refractivity contribution in [3.63, 3.8) is 0 Å². The Balaban J connectivity index is 1.56. The van der Waals surface area contributed by atoms with Crippen molar-refractivity contribution in [2.75, 3.05) is 31.6 Å². The second kappa shape index (κ2) is 8.63. The van der Waals surface area contributed by atoms with E-state index in [1.54, 1.807) is 0 Å². The van der Waals surface area contributed by atoms with E-state index in [1.807, 2.05) is 59.5 Å².